The van der Waals surface area contributed by atoms with Crippen molar-refractivity contribution in [3.05, 3.63) is 17.7 Å². The first kappa shape index (κ1) is 14.3. The molecule has 0 amide bonds. The molecule has 5 heteroatoms. The number of carbonyl (C=O) groups is 1. The van der Waals surface area contributed by atoms with E-state index in [9.17, 15) is 4.79 Å². The maximum Gasteiger partial charge on any atom is 0.180 e. The van der Waals surface area contributed by atoms with Crippen LogP contribution in [-0.4, -0.2) is 52.7 Å². The van der Waals surface area contributed by atoms with Gasteiger partial charge in [0.2, 0.25) is 0 Å². The molecule has 0 bridgehead atoms. The molecule has 0 atom stereocenters. The fourth-order valence-electron chi connectivity index (χ4n) is 1.62. The Morgan fingerprint density at radius 1 is 1.00 bits per heavy atom. The largest absolute Gasteiger partial charge is 0.496 e. The molecule has 0 saturated heterocycles. The minimum atomic E-state index is -0.0298. The van der Waals surface area contributed by atoms with Crippen molar-refractivity contribution in [2.75, 3.05) is 42.0 Å². The van der Waals surface area contributed by atoms with Gasteiger partial charge in [-0.3, -0.25) is 4.79 Å². The molecular formula is C13H19NO4. The number of hydrogen-bond donors (Lipinski definition) is 0. The van der Waals surface area contributed by atoms with Gasteiger partial charge in [-0.2, -0.15) is 0 Å². The first-order valence-corrected chi connectivity index (χ1v) is 5.51. The second-order valence-electron chi connectivity index (χ2n) is 4.07. The van der Waals surface area contributed by atoms with Gasteiger partial charge in [-0.1, -0.05) is 0 Å². The Bertz CT molecular complexity index is 429. The van der Waals surface area contributed by atoms with Crippen LogP contribution in [0.4, 0.5) is 0 Å². The van der Waals surface area contributed by atoms with Crippen molar-refractivity contribution < 1.29 is 19.0 Å². The van der Waals surface area contributed by atoms with Crippen molar-refractivity contribution in [2.45, 2.75) is 0 Å². The summed E-state index contributed by atoms with van der Waals surface area (Å²) in [4.78, 5) is 13.9. The van der Waals surface area contributed by atoms with Crippen LogP contribution in [0.15, 0.2) is 12.1 Å². The van der Waals surface area contributed by atoms with Gasteiger partial charge in [-0.25, -0.2) is 0 Å². The number of ether oxygens (including phenoxy) is 3. The lowest BCUT2D eigenvalue weighted by Gasteiger charge is -2.15. The molecule has 0 saturated carbocycles. The van der Waals surface area contributed by atoms with E-state index < -0.39 is 0 Å². The highest BCUT2D eigenvalue weighted by atomic mass is 16.5. The van der Waals surface area contributed by atoms with Gasteiger partial charge < -0.3 is 19.1 Å². The van der Waals surface area contributed by atoms with Gasteiger partial charge in [0.15, 0.2) is 17.3 Å². The standard InChI is InChI=1S/C13H19NO4/c1-14(2)8-10(15)9-6-12(17-4)13(18-5)7-11(9)16-3/h6-7H,8H2,1-5H3. The fourth-order valence-corrected chi connectivity index (χ4v) is 1.62. The van der Waals surface area contributed by atoms with Gasteiger partial charge in [0.25, 0.3) is 0 Å². The lowest BCUT2D eigenvalue weighted by Crippen LogP contribution is -2.22. The van der Waals surface area contributed by atoms with Gasteiger partial charge >= 0.3 is 0 Å². The van der Waals surface area contributed by atoms with Gasteiger partial charge in [0, 0.05) is 6.07 Å². The summed E-state index contributed by atoms with van der Waals surface area (Å²) in [5.41, 5.74) is 0.490. The Kier molecular flexibility index (Phi) is 4.97. The molecule has 1 aromatic rings. The van der Waals surface area contributed by atoms with Crippen molar-refractivity contribution >= 4 is 5.78 Å². The van der Waals surface area contributed by atoms with E-state index in [2.05, 4.69) is 0 Å². The highest BCUT2D eigenvalue weighted by molar-refractivity contribution is 6.00. The Morgan fingerprint density at radius 2 is 1.50 bits per heavy atom. The molecule has 18 heavy (non-hydrogen) atoms. The zero-order valence-electron chi connectivity index (χ0n) is 11.4. The molecule has 0 radical (unpaired) electrons. The predicted octanol–water partition coefficient (Wildman–Crippen LogP) is 1.46. The number of rotatable bonds is 6. The Hall–Kier alpha value is -1.75. The second kappa shape index (κ2) is 6.26. The van der Waals surface area contributed by atoms with Gasteiger partial charge in [0.05, 0.1) is 33.4 Å². The first-order chi connectivity index (χ1) is 8.53. The van der Waals surface area contributed by atoms with E-state index in [1.807, 2.05) is 14.1 Å². The molecule has 0 aliphatic rings. The number of nitrogens with zero attached hydrogens (tertiary/aromatic N) is 1. The lowest BCUT2D eigenvalue weighted by atomic mass is 10.1. The van der Waals surface area contributed by atoms with Crippen molar-refractivity contribution in [1.29, 1.82) is 0 Å². The van der Waals surface area contributed by atoms with Crippen LogP contribution in [0.3, 0.4) is 0 Å². The number of likely N-dealkylation sites (N-methyl/N-ethyl adjacent to an activating group) is 1. The smallest absolute Gasteiger partial charge is 0.180 e. The molecule has 0 heterocycles. The third-order valence-electron chi connectivity index (χ3n) is 2.47. The van der Waals surface area contributed by atoms with Crippen LogP contribution in [-0.2, 0) is 0 Å². The number of Topliss-reactive ketones (excluding diaryl/α,β-unsaturated/α-hetero) is 1. The third kappa shape index (κ3) is 3.13. The topological polar surface area (TPSA) is 48.0 Å². The second-order valence-corrected chi connectivity index (χ2v) is 4.07. The van der Waals surface area contributed by atoms with Crippen LogP contribution in [0.1, 0.15) is 10.4 Å². The summed E-state index contributed by atoms with van der Waals surface area (Å²) in [5.74, 6) is 1.51. The maximum absolute atomic E-state index is 12.1. The van der Waals surface area contributed by atoms with Crippen LogP contribution >= 0.6 is 0 Å². The van der Waals surface area contributed by atoms with Crippen LogP contribution in [0.25, 0.3) is 0 Å². The predicted molar refractivity (Wildman–Crippen MR) is 69.0 cm³/mol. The highest BCUT2D eigenvalue weighted by Crippen LogP contribution is 2.34. The van der Waals surface area contributed by atoms with Crippen LogP contribution in [0, 0.1) is 0 Å². The van der Waals surface area contributed by atoms with E-state index in [4.69, 9.17) is 14.2 Å². The van der Waals surface area contributed by atoms with Crippen LogP contribution < -0.4 is 14.2 Å². The number of ketones is 1. The van der Waals surface area contributed by atoms with E-state index in [1.165, 1.54) is 14.2 Å². The van der Waals surface area contributed by atoms with Crippen molar-refractivity contribution in [1.82, 2.24) is 4.90 Å². The maximum atomic E-state index is 12.1. The van der Waals surface area contributed by atoms with Crippen molar-refractivity contribution in [3.63, 3.8) is 0 Å². The van der Waals surface area contributed by atoms with Crippen LogP contribution in [0.5, 0.6) is 17.2 Å². The summed E-state index contributed by atoms with van der Waals surface area (Å²) in [6, 6.07) is 3.30. The molecule has 0 aliphatic heterocycles. The molecule has 0 fully saturated rings. The summed E-state index contributed by atoms with van der Waals surface area (Å²) in [6.07, 6.45) is 0. The molecule has 0 spiro atoms. The summed E-state index contributed by atoms with van der Waals surface area (Å²) < 4.78 is 15.6. The molecule has 1 aromatic carbocycles. The average Bonchev–Trinajstić information content (AvgIpc) is 2.36. The van der Waals surface area contributed by atoms with Crippen LogP contribution in [0.2, 0.25) is 0 Å². The monoisotopic (exact) mass is 253 g/mol. The molecule has 0 aromatic heterocycles. The summed E-state index contributed by atoms with van der Waals surface area (Å²) in [6.45, 7) is 0.311. The fraction of sp³-hybridized carbons (Fsp3) is 0.462. The normalized spacial score (nSPS) is 10.3. The number of carbonyl (C=O) groups excluding carboxylic acids is 1. The Morgan fingerprint density at radius 3 is 1.94 bits per heavy atom. The first-order valence-electron chi connectivity index (χ1n) is 5.51. The molecule has 5 nitrogen and oxygen atoms in total. The van der Waals surface area contributed by atoms with Gasteiger partial charge in [-0.05, 0) is 20.2 Å². The summed E-state index contributed by atoms with van der Waals surface area (Å²) in [5, 5.41) is 0. The zero-order valence-corrected chi connectivity index (χ0v) is 11.4. The molecule has 100 valence electrons. The van der Waals surface area contributed by atoms with E-state index >= 15 is 0 Å². The minimum absolute atomic E-state index is 0.0298. The zero-order chi connectivity index (χ0) is 13.7. The average molecular weight is 253 g/mol. The van der Waals surface area contributed by atoms with Gasteiger partial charge in [0.1, 0.15) is 5.75 Å². The van der Waals surface area contributed by atoms with Crippen molar-refractivity contribution in [2.24, 2.45) is 0 Å². The SMILES string of the molecule is COc1cc(OC)c(C(=O)CN(C)C)cc1OC. The quantitative estimate of drug-likeness (QED) is 0.718. The molecular weight excluding hydrogens is 234 g/mol. The Labute approximate surface area is 107 Å². The molecule has 0 N–H and O–H groups in total. The van der Waals surface area contributed by atoms with Crippen molar-refractivity contribution in [3.8, 4) is 17.2 Å². The number of methoxy groups -OCH3 is 3. The summed E-state index contributed by atoms with van der Waals surface area (Å²) >= 11 is 0. The molecule has 1 rings (SSSR count). The minimum Gasteiger partial charge on any atom is -0.496 e. The number of hydrogen-bond acceptors (Lipinski definition) is 5. The van der Waals surface area contributed by atoms with E-state index in [0.717, 1.165) is 0 Å². The van der Waals surface area contributed by atoms with E-state index in [1.54, 1.807) is 24.1 Å². The molecule has 0 unspecified atom stereocenters. The van der Waals surface area contributed by atoms with Gasteiger partial charge in [-0.15, -0.1) is 0 Å². The Balaban J connectivity index is 3.20. The highest BCUT2D eigenvalue weighted by Gasteiger charge is 2.17. The molecule has 0 aliphatic carbocycles. The third-order valence-corrected chi connectivity index (χ3v) is 2.47. The summed E-state index contributed by atoms with van der Waals surface area (Å²) in [7, 11) is 8.27. The lowest BCUT2D eigenvalue weighted by molar-refractivity contribution is 0.0954. The van der Waals surface area contributed by atoms with E-state index in [-0.39, 0.29) is 5.78 Å². The van der Waals surface area contributed by atoms with E-state index in [0.29, 0.717) is 29.4 Å². The number of benzene rings is 1.